The Morgan fingerprint density at radius 2 is 1.71 bits per heavy atom. The molecule has 1 spiro atoms. The zero-order chi connectivity index (χ0) is 22.2. The van der Waals surface area contributed by atoms with Gasteiger partial charge in [0.1, 0.15) is 5.60 Å². The molecule has 0 amide bonds. The first kappa shape index (κ1) is 22.7. The zero-order valence-electron chi connectivity index (χ0n) is 21.3. The Hall–Kier alpha value is -0.0800. The summed E-state index contributed by atoms with van der Waals surface area (Å²) in [5.74, 6) is 5.80. The predicted octanol–water partition coefficient (Wildman–Crippen LogP) is 7.24. The van der Waals surface area contributed by atoms with E-state index in [9.17, 15) is 5.11 Å². The van der Waals surface area contributed by atoms with Crippen molar-refractivity contribution in [2.45, 2.75) is 130 Å². The Balaban J connectivity index is 1.33. The Kier molecular flexibility index (Phi) is 5.66. The van der Waals surface area contributed by atoms with Crippen molar-refractivity contribution in [2.75, 3.05) is 0 Å². The number of aliphatic hydroxyl groups excluding tert-OH is 1. The molecule has 0 bridgehead atoms. The van der Waals surface area contributed by atoms with Gasteiger partial charge < -0.3 is 9.84 Å². The van der Waals surface area contributed by atoms with Crippen LogP contribution in [0.3, 0.4) is 0 Å². The van der Waals surface area contributed by atoms with E-state index in [4.69, 9.17) is 4.74 Å². The highest BCUT2D eigenvalue weighted by atomic mass is 16.6. The van der Waals surface area contributed by atoms with Crippen molar-refractivity contribution in [1.82, 2.24) is 0 Å². The van der Waals surface area contributed by atoms with Crippen LogP contribution in [0.2, 0.25) is 0 Å². The van der Waals surface area contributed by atoms with Crippen LogP contribution in [-0.2, 0) is 4.74 Å². The molecule has 1 N–H and O–H groups in total. The van der Waals surface area contributed by atoms with E-state index in [2.05, 4.69) is 41.5 Å². The lowest BCUT2D eigenvalue weighted by molar-refractivity contribution is -0.120. The third-order valence-corrected chi connectivity index (χ3v) is 12.2. The Bertz CT molecular complexity index is 674. The van der Waals surface area contributed by atoms with Gasteiger partial charge in [0.05, 0.1) is 12.2 Å². The lowest BCUT2D eigenvalue weighted by atomic mass is 9.44. The lowest BCUT2D eigenvalue weighted by Gasteiger charge is -2.59. The van der Waals surface area contributed by atoms with E-state index < -0.39 is 0 Å². The summed E-state index contributed by atoms with van der Waals surface area (Å²) in [7, 11) is 0. The van der Waals surface area contributed by atoms with E-state index in [1.54, 1.807) is 0 Å². The summed E-state index contributed by atoms with van der Waals surface area (Å²) in [5, 5.41) is 10.3. The third-order valence-electron chi connectivity index (χ3n) is 12.2. The van der Waals surface area contributed by atoms with Crippen LogP contribution < -0.4 is 0 Å². The van der Waals surface area contributed by atoms with Crippen LogP contribution in [0, 0.1) is 52.3 Å². The molecule has 0 radical (unpaired) electrons. The van der Waals surface area contributed by atoms with Crippen molar-refractivity contribution >= 4 is 0 Å². The SMILES string of the molecule is CC[C@H](CC[C@@H](C)[C@H]1CC[C@H]2[C@@H]3CC[C@H]4C[C@@H](O)CC[C@]4(C)[C@@]34O[C@H]4C[C@]12C)C(C)C. The van der Waals surface area contributed by atoms with Crippen molar-refractivity contribution in [1.29, 1.82) is 0 Å². The Morgan fingerprint density at radius 1 is 0.968 bits per heavy atom. The second-order valence-electron chi connectivity index (χ2n) is 13.6. The number of hydrogen-bond acceptors (Lipinski definition) is 2. The summed E-state index contributed by atoms with van der Waals surface area (Å²) in [6.07, 6.45) is 14.7. The molecule has 5 aliphatic rings. The maximum atomic E-state index is 10.3. The molecule has 178 valence electrons. The normalized spacial score (nSPS) is 52.6. The molecule has 4 aliphatic carbocycles. The second-order valence-corrected chi connectivity index (χ2v) is 13.6. The second kappa shape index (κ2) is 7.72. The summed E-state index contributed by atoms with van der Waals surface area (Å²) in [6, 6.07) is 0. The highest BCUT2D eigenvalue weighted by Crippen LogP contribution is 2.77. The van der Waals surface area contributed by atoms with Gasteiger partial charge in [-0.2, -0.15) is 0 Å². The average Bonchev–Trinajstić information content (AvgIpc) is 3.33. The molecule has 0 aromatic carbocycles. The summed E-state index contributed by atoms with van der Waals surface area (Å²) in [5.41, 5.74) is 0.978. The Labute approximate surface area is 192 Å². The number of ether oxygens (including phenoxy) is 1. The van der Waals surface area contributed by atoms with E-state index in [0.717, 1.165) is 48.3 Å². The maximum Gasteiger partial charge on any atom is 0.103 e. The number of aliphatic hydroxyl groups is 1. The molecule has 2 heteroatoms. The van der Waals surface area contributed by atoms with E-state index in [-0.39, 0.29) is 11.7 Å². The molecule has 1 saturated heterocycles. The van der Waals surface area contributed by atoms with Crippen molar-refractivity contribution in [3.8, 4) is 0 Å². The maximum absolute atomic E-state index is 10.3. The van der Waals surface area contributed by atoms with Crippen LogP contribution in [0.15, 0.2) is 0 Å². The molecule has 4 saturated carbocycles. The van der Waals surface area contributed by atoms with Gasteiger partial charge in [-0.1, -0.05) is 54.4 Å². The molecular weight excluding hydrogens is 380 g/mol. The third kappa shape index (κ3) is 3.16. The van der Waals surface area contributed by atoms with Gasteiger partial charge in [-0.25, -0.2) is 0 Å². The van der Waals surface area contributed by atoms with Crippen molar-refractivity contribution in [3.63, 3.8) is 0 Å². The first-order valence-electron chi connectivity index (χ1n) is 14.0. The fourth-order valence-corrected chi connectivity index (χ4v) is 10.3. The van der Waals surface area contributed by atoms with Crippen LogP contribution in [0.4, 0.5) is 0 Å². The van der Waals surface area contributed by atoms with Gasteiger partial charge in [-0.05, 0) is 105 Å². The first-order chi connectivity index (χ1) is 14.7. The number of rotatable bonds is 6. The van der Waals surface area contributed by atoms with Gasteiger partial charge in [0.2, 0.25) is 0 Å². The van der Waals surface area contributed by atoms with Crippen LogP contribution in [0.1, 0.15) is 112 Å². The molecular formula is C29H50O2. The largest absolute Gasteiger partial charge is 0.393 e. The first-order valence-corrected chi connectivity index (χ1v) is 14.0. The highest BCUT2D eigenvalue weighted by Gasteiger charge is 2.79. The van der Waals surface area contributed by atoms with Gasteiger partial charge in [0.15, 0.2) is 0 Å². The Morgan fingerprint density at radius 3 is 2.42 bits per heavy atom. The summed E-state index contributed by atoms with van der Waals surface area (Å²) in [6.45, 7) is 15.0. The molecule has 5 rings (SSSR count). The average molecular weight is 431 g/mol. The van der Waals surface area contributed by atoms with E-state index in [1.165, 1.54) is 57.8 Å². The fourth-order valence-electron chi connectivity index (χ4n) is 10.3. The van der Waals surface area contributed by atoms with Crippen molar-refractivity contribution in [3.05, 3.63) is 0 Å². The lowest BCUT2D eigenvalue weighted by Crippen LogP contribution is -2.60. The zero-order valence-corrected chi connectivity index (χ0v) is 21.3. The van der Waals surface area contributed by atoms with Crippen LogP contribution in [0.25, 0.3) is 0 Å². The minimum absolute atomic E-state index is 0.0634. The summed E-state index contributed by atoms with van der Waals surface area (Å²) < 4.78 is 6.87. The van der Waals surface area contributed by atoms with Crippen LogP contribution in [0.5, 0.6) is 0 Å². The molecule has 0 aromatic heterocycles. The van der Waals surface area contributed by atoms with Gasteiger partial charge in [0.25, 0.3) is 0 Å². The van der Waals surface area contributed by atoms with Gasteiger partial charge in [-0.3, -0.25) is 0 Å². The molecule has 1 heterocycles. The monoisotopic (exact) mass is 430 g/mol. The molecule has 31 heavy (non-hydrogen) atoms. The quantitative estimate of drug-likeness (QED) is 0.451. The van der Waals surface area contributed by atoms with Crippen LogP contribution in [-0.4, -0.2) is 22.9 Å². The van der Waals surface area contributed by atoms with Gasteiger partial charge in [0, 0.05) is 5.41 Å². The summed E-state index contributed by atoms with van der Waals surface area (Å²) >= 11 is 0. The van der Waals surface area contributed by atoms with Crippen LogP contribution >= 0.6 is 0 Å². The topological polar surface area (TPSA) is 32.8 Å². The molecule has 0 aromatic rings. The minimum atomic E-state index is -0.0634. The minimum Gasteiger partial charge on any atom is -0.393 e. The number of fused-ring (bicyclic) bond motifs is 3. The molecule has 2 nitrogen and oxygen atoms in total. The fraction of sp³-hybridized carbons (Fsp3) is 1.00. The standard InChI is InChI=1S/C29H50O2/c1-7-20(18(2)3)9-8-19(4)23-12-13-24-25-11-10-21-16-22(30)14-15-28(21,6)29(25)26(31-29)17-27(23,24)5/h18-26,30H,7-17H2,1-6H3/t19-,20-,21+,22+,23-,24+,25+,26+,27-,28+,29-/m1/s1. The molecule has 5 fully saturated rings. The molecule has 0 unspecified atom stereocenters. The molecule has 1 aliphatic heterocycles. The van der Waals surface area contributed by atoms with Crippen molar-refractivity contribution < 1.29 is 9.84 Å². The number of hydrogen-bond donors (Lipinski definition) is 1. The van der Waals surface area contributed by atoms with Gasteiger partial charge in [-0.15, -0.1) is 0 Å². The smallest absolute Gasteiger partial charge is 0.103 e. The van der Waals surface area contributed by atoms with E-state index >= 15 is 0 Å². The predicted molar refractivity (Wildman–Crippen MR) is 128 cm³/mol. The van der Waals surface area contributed by atoms with E-state index in [0.29, 0.717) is 22.9 Å². The van der Waals surface area contributed by atoms with Crippen molar-refractivity contribution in [2.24, 2.45) is 52.3 Å². The summed E-state index contributed by atoms with van der Waals surface area (Å²) in [4.78, 5) is 0. The number of epoxide rings is 1. The van der Waals surface area contributed by atoms with E-state index in [1.807, 2.05) is 0 Å². The van der Waals surface area contributed by atoms with Gasteiger partial charge >= 0.3 is 0 Å². The highest BCUT2D eigenvalue weighted by molar-refractivity contribution is 5.27. The molecule has 11 atom stereocenters.